The van der Waals surface area contributed by atoms with Gasteiger partial charge >= 0.3 is 0 Å². The number of aryl methyl sites for hydroxylation is 1. The first-order valence-corrected chi connectivity index (χ1v) is 4.43. The molecule has 1 aromatic rings. The zero-order valence-corrected chi connectivity index (χ0v) is 8.12. The predicted molar refractivity (Wildman–Crippen MR) is 49.3 cm³/mol. The number of nitrogens with zero attached hydrogens (tertiary/aromatic N) is 1. The van der Waals surface area contributed by atoms with Crippen LogP contribution in [-0.2, 0) is 11.2 Å². The van der Waals surface area contributed by atoms with Gasteiger partial charge in [0.15, 0.2) is 0 Å². The van der Waals surface area contributed by atoms with Crippen LogP contribution in [0.4, 0.5) is 0 Å². The number of methoxy groups -OCH3 is 1. The Morgan fingerprint density at radius 3 is 3.00 bits per heavy atom. The van der Waals surface area contributed by atoms with Gasteiger partial charge in [-0.3, -0.25) is 0 Å². The number of hydrogen-bond acceptors (Lipinski definition) is 4. The first kappa shape index (κ1) is 10.2. The van der Waals surface area contributed by atoms with Crippen molar-refractivity contribution in [1.82, 2.24) is 4.98 Å². The van der Waals surface area contributed by atoms with Crippen molar-refractivity contribution in [2.24, 2.45) is 5.73 Å². The van der Waals surface area contributed by atoms with Gasteiger partial charge in [-0.2, -0.15) is 0 Å². The quantitative estimate of drug-likeness (QED) is 0.700. The second-order valence-electron chi connectivity index (χ2n) is 3.05. The van der Waals surface area contributed by atoms with Crippen LogP contribution in [0.1, 0.15) is 31.0 Å². The van der Waals surface area contributed by atoms with Crippen molar-refractivity contribution >= 4 is 0 Å². The van der Waals surface area contributed by atoms with Gasteiger partial charge in [0.25, 0.3) is 0 Å². The molecule has 0 spiro atoms. The Balaban J connectivity index is 2.40. The SMILES string of the molecule is COCCCc1cnc(C(C)N)o1. The highest BCUT2D eigenvalue weighted by Gasteiger charge is 2.07. The summed E-state index contributed by atoms with van der Waals surface area (Å²) in [5.41, 5.74) is 5.60. The molecule has 13 heavy (non-hydrogen) atoms. The molecule has 1 rings (SSSR count). The molecule has 0 amide bonds. The van der Waals surface area contributed by atoms with E-state index in [1.165, 1.54) is 0 Å². The standard InChI is InChI=1S/C9H16N2O2/c1-7(10)9-11-6-8(13-9)4-3-5-12-2/h6-7H,3-5,10H2,1-2H3. The lowest BCUT2D eigenvalue weighted by molar-refractivity contribution is 0.193. The lowest BCUT2D eigenvalue weighted by Gasteiger charge is -1.97. The average molecular weight is 184 g/mol. The Hall–Kier alpha value is -0.870. The molecule has 0 aliphatic rings. The summed E-state index contributed by atoms with van der Waals surface area (Å²) in [5.74, 6) is 1.48. The van der Waals surface area contributed by atoms with E-state index in [2.05, 4.69) is 4.98 Å². The van der Waals surface area contributed by atoms with E-state index < -0.39 is 0 Å². The first-order valence-electron chi connectivity index (χ1n) is 4.43. The van der Waals surface area contributed by atoms with Gasteiger partial charge in [0.2, 0.25) is 5.89 Å². The molecule has 4 heteroatoms. The maximum Gasteiger partial charge on any atom is 0.210 e. The van der Waals surface area contributed by atoms with Crippen LogP contribution in [0.5, 0.6) is 0 Å². The second kappa shape index (κ2) is 4.99. The fraction of sp³-hybridized carbons (Fsp3) is 0.667. The van der Waals surface area contributed by atoms with E-state index in [4.69, 9.17) is 14.9 Å². The van der Waals surface area contributed by atoms with Crippen LogP contribution in [-0.4, -0.2) is 18.7 Å². The van der Waals surface area contributed by atoms with Crippen LogP contribution in [0, 0.1) is 0 Å². The van der Waals surface area contributed by atoms with E-state index in [1.807, 2.05) is 6.92 Å². The average Bonchev–Trinajstić information content (AvgIpc) is 2.53. The molecule has 2 N–H and O–H groups in total. The molecule has 74 valence electrons. The summed E-state index contributed by atoms with van der Waals surface area (Å²) in [6.45, 7) is 2.60. The number of aromatic nitrogens is 1. The Morgan fingerprint density at radius 1 is 1.69 bits per heavy atom. The summed E-state index contributed by atoms with van der Waals surface area (Å²) in [6, 6.07) is -0.129. The smallest absolute Gasteiger partial charge is 0.210 e. The lowest BCUT2D eigenvalue weighted by atomic mass is 10.3. The summed E-state index contributed by atoms with van der Waals surface area (Å²) >= 11 is 0. The van der Waals surface area contributed by atoms with Gasteiger partial charge in [0, 0.05) is 20.1 Å². The third-order valence-corrected chi connectivity index (χ3v) is 1.73. The van der Waals surface area contributed by atoms with Crippen molar-refractivity contribution < 1.29 is 9.15 Å². The highest BCUT2D eigenvalue weighted by molar-refractivity contribution is 4.96. The van der Waals surface area contributed by atoms with E-state index in [1.54, 1.807) is 13.3 Å². The summed E-state index contributed by atoms with van der Waals surface area (Å²) in [7, 11) is 1.69. The highest BCUT2D eigenvalue weighted by atomic mass is 16.5. The summed E-state index contributed by atoms with van der Waals surface area (Å²) < 4.78 is 10.3. The van der Waals surface area contributed by atoms with Gasteiger partial charge in [-0.15, -0.1) is 0 Å². The molecule has 0 saturated heterocycles. The lowest BCUT2D eigenvalue weighted by Crippen LogP contribution is -2.04. The number of oxazole rings is 1. The van der Waals surface area contributed by atoms with Gasteiger partial charge in [0.05, 0.1) is 12.2 Å². The Labute approximate surface area is 78.1 Å². The van der Waals surface area contributed by atoms with E-state index >= 15 is 0 Å². The second-order valence-corrected chi connectivity index (χ2v) is 3.05. The normalized spacial score (nSPS) is 13.2. The molecule has 4 nitrogen and oxygen atoms in total. The minimum absolute atomic E-state index is 0.129. The number of ether oxygens (including phenoxy) is 1. The van der Waals surface area contributed by atoms with Crippen molar-refractivity contribution in [2.75, 3.05) is 13.7 Å². The molecule has 0 fully saturated rings. The summed E-state index contributed by atoms with van der Waals surface area (Å²) in [6.07, 6.45) is 3.53. The number of rotatable bonds is 5. The summed E-state index contributed by atoms with van der Waals surface area (Å²) in [4.78, 5) is 4.06. The molecular weight excluding hydrogens is 168 g/mol. The van der Waals surface area contributed by atoms with Crippen molar-refractivity contribution in [3.05, 3.63) is 17.8 Å². The fourth-order valence-electron chi connectivity index (χ4n) is 1.04. The minimum atomic E-state index is -0.129. The Morgan fingerprint density at radius 2 is 2.46 bits per heavy atom. The molecule has 0 aliphatic heterocycles. The molecule has 0 aromatic carbocycles. The monoisotopic (exact) mass is 184 g/mol. The molecule has 1 aromatic heterocycles. The molecule has 0 saturated carbocycles. The zero-order valence-electron chi connectivity index (χ0n) is 8.12. The van der Waals surface area contributed by atoms with Crippen LogP contribution in [0.3, 0.4) is 0 Å². The van der Waals surface area contributed by atoms with E-state index in [-0.39, 0.29) is 6.04 Å². The third kappa shape index (κ3) is 3.16. The van der Waals surface area contributed by atoms with Gasteiger partial charge < -0.3 is 14.9 Å². The highest BCUT2D eigenvalue weighted by Crippen LogP contribution is 2.11. The molecular formula is C9H16N2O2. The van der Waals surface area contributed by atoms with Gasteiger partial charge in [-0.25, -0.2) is 4.98 Å². The van der Waals surface area contributed by atoms with Gasteiger partial charge in [-0.1, -0.05) is 0 Å². The van der Waals surface area contributed by atoms with Crippen LogP contribution >= 0.6 is 0 Å². The maximum absolute atomic E-state index is 5.60. The van der Waals surface area contributed by atoms with Crippen molar-refractivity contribution in [3.63, 3.8) is 0 Å². The molecule has 0 aliphatic carbocycles. The van der Waals surface area contributed by atoms with Gasteiger partial charge in [0.1, 0.15) is 5.76 Å². The number of hydrogen-bond donors (Lipinski definition) is 1. The zero-order chi connectivity index (χ0) is 9.68. The number of nitrogens with two attached hydrogens (primary N) is 1. The topological polar surface area (TPSA) is 61.3 Å². The van der Waals surface area contributed by atoms with Gasteiger partial charge in [-0.05, 0) is 13.3 Å². The van der Waals surface area contributed by atoms with Crippen molar-refractivity contribution in [2.45, 2.75) is 25.8 Å². The molecule has 1 atom stereocenters. The first-order chi connectivity index (χ1) is 6.24. The molecule has 1 heterocycles. The van der Waals surface area contributed by atoms with E-state index in [9.17, 15) is 0 Å². The Kier molecular flexibility index (Phi) is 3.92. The van der Waals surface area contributed by atoms with Crippen molar-refractivity contribution in [1.29, 1.82) is 0 Å². The van der Waals surface area contributed by atoms with Crippen molar-refractivity contribution in [3.8, 4) is 0 Å². The molecule has 0 bridgehead atoms. The van der Waals surface area contributed by atoms with Crippen LogP contribution in [0.15, 0.2) is 10.6 Å². The maximum atomic E-state index is 5.60. The van der Waals surface area contributed by atoms with Crippen LogP contribution < -0.4 is 5.73 Å². The Bertz CT molecular complexity index is 246. The fourth-order valence-corrected chi connectivity index (χ4v) is 1.04. The molecule has 1 unspecified atom stereocenters. The van der Waals surface area contributed by atoms with E-state index in [0.717, 1.165) is 25.2 Å². The third-order valence-electron chi connectivity index (χ3n) is 1.73. The van der Waals surface area contributed by atoms with E-state index in [0.29, 0.717) is 5.89 Å². The predicted octanol–water partition coefficient (Wildman–Crippen LogP) is 1.27. The van der Waals surface area contributed by atoms with Crippen LogP contribution in [0.2, 0.25) is 0 Å². The molecule has 0 radical (unpaired) electrons. The van der Waals surface area contributed by atoms with Crippen LogP contribution in [0.25, 0.3) is 0 Å². The minimum Gasteiger partial charge on any atom is -0.444 e. The largest absolute Gasteiger partial charge is 0.444 e. The summed E-state index contributed by atoms with van der Waals surface area (Å²) in [5, 5.41) is 0.